The van der Waals surface area contributed by atoms with Crippen molar-refractivity contribution in [2.45, 2.75) is 31.8 Å². The van der Waals surface area contributed by atoms with Gasteiger partial charge in [-0.2, -0.15) is 0 Å². The highest BCUT2D eigenvalue weighted by Gasteiger charge is 2.16. The van der Waals surface area contributed by atoms with Crippen LogP contribution in [0, 0.1) is 0 Å². The van der Waals surface area contributed by atoms with Crippen LogP contribution in [-0.2, 0) is 6.54 Å². The molecule has 1 aliphatic rings. The van der Waals surface area contributed by atoms with Crippen LogP contribution in [0.4, 0.5) is 11.5 Å². The van der Waals surface area contributed by atoms with Crippen molar-refractivity contribution < 1.29 is 0 Å². The number of hydrogen-bond acceptors (Lipinski definition) is 5. The van der Waals surface area contributed by atoms with Gasteiger partial charge < -0.3 is 10.6 Å². The Morgan fingerprint density at radius 2 is 2.03 bits per heavy atom. The van der Waals surface area contributed by atoms with Gasteiger partial charge in [0, 0.05) is 42.6 Å². The molecule has 1 saturated carbocycles. The molecule has 2 N–H and O–H groups in total. The highest BCUT2D eigenvalue weighted by atomic mass is 16.1. The van der Waals surface area contributed by atoms with Gasteiger partial charge in [0.25, 0.3) is 0 Å². The van der Waals surface area contributed by atoms with Crippen LogP contribution in [0.5, 0.6) is 0 Å². The smallest absolute Gasteiger partial charge is 0.332 e. The molecule has 0 saturated heterocycles. The fraction of sp³-hybridized carbons (Fsp3) is 0.240. The molecule has 1 fully saturated rings. The Hall–Kier alpha value is -3.71. The summed E-state index contributed by atoms with van der Waals surface area (Å²) in [5.41, 5.74) is 3.47. The van der Waals surface area contributed by atoms with Crippen LogP contribution in [0.3, 0.4) is 0 Å². The minimum Gasteiger partial charge on any atom is -0.340 e. The molecule has 4 aromatic rings. The zero-order chi connectivity index (χ0) is 21.9. The minimum absolute atomic E-state index is 0.0511. The van der Waals surface area contributed by atoms with Gasteiger partial charge in [0.2, 0.25) is 0 Å². The SMILES string of the molecule is C=Cc1cccc(Nc2ncnc3ccc(-n4ccn(CCNC5CCC5)c4=O)cc23)c1. The molecule has 5 rings (SSSR count). The van der Waals surface area contributed by atoms with Crippen molar-refractivity contribution in [3.05, 3.63) is 83.8 Å². The average Bonchev–Trinajstić information content (AvgIpc) is 3.16. The molecule has 2 heterocycles. The molecule has 7 heteroatoms. The molecule has 0 unspecified atom stereocenters. The van der Waals surface area contributed by atoms with Gasteiger partial charge in [-0.1, -0.05) is 31.2 Å². The number of anilines is 2. The lowest BCUT2D eigenvalue weighted by Crippen LogP contribution is -2.38. The first-order chi connectivity index (χ1) is 15.7. The standard InChI is InChI=1S/C25H26N6O/c1-2-18-5-3-8-20(15-18)29-24-22-16-21(9-10-23(22)27-17-28-24)31-14-13-30(25(31)32)12-11-26-19-6-4-7-19/h2-3,5,8-10,13-17,19,26H,1,4,6-7,11-12H2,(H,27,28,29). The second-order valence-corrected chi connectivity index (χ2v) is 8.10. The fourth-order valence-electron chi connectivity index (χ4n) is 3.96. The average molecular weight is 427 g/mol. The Labute approximate surface area is 186 Å². The summed E-state index contributed by atoms with van der Waals surface area (Å²) in [5.74, 6) is 0.690. The first-order valence-electron chi connectivity index (χ1n) is 11.0. The molecule has 162 valence electrons. The molecule has 2 aromatic carbocycles. The van der Waals surface area contributed by atoms with Crippen molar-refractivity contribution in [1.29, 1.82) is 0 Å². The van der Waals surface area contributed by atoms with Gasteiger partial charge in [-0.15, -0.1) is 0 Å². The van der Waals surface area contributed by atoms with Gasteiger partial charge in [0.05, 0.1) is 11.2 Å². The summed E-state index contributed by atoms with van der Waals surface area (Å²) in [6.45, 7) is 5.29. The van der Waals surface area contributed by atoms with Crippen LogP contribution in [0.15, 0.2) is 72.6 Å². The first kappa shape index (κ1) is 20.2. The maximum Gasteiger partial charge on any atom is 0.332 e. The quantitative estimate of drug-likeness (QED) is 0.443. The number of rotatable bonds is 8. The van der Waals surface area contributed by atoms with E-state index >= 15 is 0 Å². The van der Waals surface area contributed by atoms with Gasteiger partial charge in [0.15, 0.2) is 0 Å². The molecule has 1 aliphatic carbocycles. The molecule has 0 bridgehead atoms. The number of hydrogen-bond donors (Lipinski definition) is 2. The van der Waals surface area contributed by atoms with Crippen LogP contribution in [0.1, 0.15) is 24.8 Å². The van der Waals surface area contributed by atoms with E-state index in [9.17, 15) is 4.79 Å². The fourth-order valence-corrected chi connectivity index (χ4v) is 3.96. The Balaban J connectivity index is 1.42. The maximum absolute atomic E-state index is 13.0. The van der Waals surface area contributed by atoms with Gasteiger partial charge >= 0.3 is 5.69 Å². The lowest BCUT2D eigenvalue weighted by atomic mass is 9.93. The van der Waals surface area contributed by atoms with Crippen molar-refractivity contribution in [3.8, 4) is 5.69 Å². The molecule has 0 atom stereocenters. The van der Waals surface area contributed by atoms with E-state index in [0.29, 0.717) is 18.4 Å². The summed E-state index contributed by atoms with van der Waals surface area (Å²) in [4.78, 5) is 21.8. The van der Waals surface area contributed by atoms with Gasteiger partial charge in [-0.3, -0.25) is 9.13 Å². The number of aromatic nitrogens is 4. The van der Waals surface area contributed by atoms with E-state index in [0.717, 1.165) is 34.4 Å². The number of fused-ring (bicyclic) bond motifs is 1. The second-order valence-electron chi connectivity index (χ2n) is 8.10. The van der Waals surface area contributed by atoms with Gasteiger partial charge in [-0.25, -0.2) is 14.8 Å². The highest BCUT2D eigenvalue weighted by Crippen LogP contribution is 2.25. The Morgan fingerprint density at radius 1 is 1.12 bits per heavy atom. The predicted molar refractivity (Wildman–Crippen MR) is 129 cm³/mol. The van der Waals surface area contributed by atoms with E-state index in [2.05, 4.69) is 27.2 Å². The molecule has 2 aromatic heterocycles. The summed E-state index contributed by atoms with van der Waals surface area (Å²) in [7, 11) is 0. The van der Waals surface area contributed by atoms with Crippen LogP contribution in [0.25, 0.3) is 22.7 Å². The minimum atomic E-state index is -0.0511. The van der Waals surface area contributed by atoms with Crippen molar-refractivity contribution in [2.24, 2.45) is 0 Å². The Morgan fingerprint density at radius 3 is 2.84 bits per heavy atom. The second kappa shape index (κ2) is 8.80. The summed E-state index contributed by atoms with van der Waals surface area (Å²) < 4.78 is 3.41. The molecular weight excluding hydrogens is 400 g/mol. The monoisotopic (exact) mass is 426 g/mol. The third-order valence-corrected chi connectivity index (χ3v) is 6.02. The lowest BCUT2D eigenvalue weighted by molar-refractivity contribution is 0.334. The molecule has 0 radical (unpaired) electrons. The number of nitrogens with zero attached hydrogens (tertiary/aromatic N) is 4. The summed E-state index contributed by atoms with van der Waals surface area (Å²) in [5, 5.41) is 7.72. The predicted octanol–water partition coefficient (Wildman–Crippen LogP) is 4.11. The zero-order valence-corrected chi connectivity index (χ0v) is 17.9. The van der Waals surface area contributed by atoms with E-state index in [-0.39, 0.29) is 5.69 Å². The van der Waals surface area contributed by atoms with E-state index in [1.54, 1.807) is 21.5 Å². The normalized spacial score (nSPS) is 13.8. The lowest BCUT2D eigenvalue weighted by Gasteiger charge is -2.26. The zero-order valence-electron chi connectivity index (χ0n) is 17.9. The van der Waals surface area contributed by atoms with E-state index < -0.39 is 0 Å². The van der Waals surface area contributed by atoms with Gasteiger partial charge in [-0.05, 0) is 48.7 Å². The number of imidazole rings is 1. The topological polar surface area (TPSA) is 76.8 Å². The molecule has 32 heavy (non-hydrogen) atoms. The number of benzene rings is 2. The largest absolute Gasteiger partial charge is 0.340 e. The van der Waals surface area contributed by atoms with Gasteiger partial charge in [0.1, 0.15) is 12.1 Å². The van der Waals surface area contributed by atoms with Crippen LogP contribution in [-0.4, -0.2) is 31.7 Å². The van der Waals surface area contributed by atoms with Crippen molar-refractivity contribution >= 4 is 28.5 Å². The van der Waals surface area contributed by atoms with E-state index in [4.69, 9.17) is 0 Å². The molecule has 0 aliphatic heterocycles. The number of nitrogens with one attached hydrogen (secondary N) is 2. The molecular formula is C25H26N6O. The third-order valence-electron chi connectivity index (χ3n) is 6.02. The van der Waals surface area contributed by atoms with E-state index in [1.165, 1.54) is 19.3 Å². The van der Waals surface area contributed by atoms with E-state index in [1.807, 2.05) is 54.9 Å². The first-order valence-corrected chi connectivity index (χ1v) is 11.0. The summed E-state index contributed by atoms with van der Waals surface area (Å²) in [6.07, 6.45) is 10.8. The Bertz CT molecular complexity index is 1320. The van der Waals surface area contributed by atoms with Crippen molar-refractivity contribution in [2.75, 3.05) is 11.9 Å². The van der Waals surface area contributed by atoms with Crippen LogP contribution < -0.4 is 16.3 Å². The molecule has 0 amide bonds. The van der Waals surface area contributed by atoms with Crippen LogP contribution in [0.2, 0.25) is 0 Å². The Kier molecular flexibility index (Phi) is 5.56. The summed E-state index contributed by atoms with van der Waals surface area (Å²) >= 11 is 0. The van der Waals surface area contributed by atoms with Crippen molar-refractivity contribution in [3.63, 3.8) is 0 Å². The molecule has 0 spiro atoms. The van der Waals surface area contributed by atoms with Crippen molar-refractivity contribution in [1.82, 2.24) is 24.4 Å². The highest BCUT2D eigenvalue weighted by molar-refractivity contribution is 5.92. The van der Waals surface area contributed by atoms with Crippen LogP contribution >= 0.6 is 0 Å². The maximum atomic E-state index is 13.0. The molecule has 7 nitrogen and oxygen atoms in total. The summed E-state index contributed by atoms with van der Waals surface area (Å²) in [6, 6.07) is 14.3. The third kappa shape index (κ3) is 4.07.